The van der Waals surface area contributed by atoms with Gasteiger partial charge in [0.25, 0.3) is 0 Å². The summed E-state index contributed by atoms with van der Waals surface area (Å²) < 4.78 is 0. The molecule has 1 aromatic rings. The van der Waals surface area contributed by atoms with E-state index in [9.17, 15) is 9.59 Å². The van der Waals surface area contributed by atoms with Gasteiger partial charge in [-0.05, 0) is 49.8 Å². The zero-order chi connectivity index (χ0) is 16.4. The Balaban J connectivity index is 1.59. The number of hydrogen-bond acceptors (Lipinski definition) is 2. The second-order valence-corrected chi connectivity index (χ2v) is 7.29. The van der Waals surface area contributed by atoms with Crippen molar-refractivity contribution in [2.24, 2.45) is 11.8 Å². The number of rotatable bonds is 3. The molecule has 1 aliphatic heterocycles. The Morgan fingerprint density at radius 2 is 2.00 bits per heavy atom. The van der Waals surface area contributed by atoms with E-state index >= 15 is 0 Å². The van der Waals surface area contributed by atoms with E-state index in [4.69, 9.17) is 11.6 Å². The zero-order valence-corrected chi connectivity index (χ0v) is 14.2. The fourth-order valence-corrected chi connectivity index (χ4v) is 3.68. The number of amides is 2. The van der Waals surface area contributed by atoms with Crippen LogP contribution >= 0.6 is 11.6 Å². The normalized spacial score (nSPS) is 28.0. The second kappa shape index (κ2) is 6.91. The van der Waals surface area contributed by atoms with E-state index < -0.39 is 0 Å². The third-order valence-electron chi connectivity index (χ3n) is 4.98. The Morgan fingerprint density at radius 3 is 2.70 bits per heavy atom. The average molecular weight is 335 g/mol. The maximum absolute atomic E-state index is 12.5. The van der Waals surface area contributed by atoms with Crippen LogP contribution in [0.1, 0.15) is 39.0 Å². The van der Waals surface area contributed by atoms with Crippen molar-refractivity contribution in [2.45, 2.75) is 45.1 Å². The molecule has 4 nitrogen and oxygen atoms in total. The van der Waals surface area contributed by atoms with Gasteiger partial charge in [0, 0.05) is 29.7 Å². The van der Waals surface area contributed by atoms with Crippen molar-refractivity contribution in [1.29, 1.82) is 0 Å². The molecule has 0 bridgehead atoms. The molecular formula is C18H23ClN2O2. The molecule has 1 atom stereocenters. The first-order valence-corrected chi connectivity index (χ1v) is 8.77. The molecule has 1 N–H and O–H groups in total. The lowest BCUT2D eigenvalue weighted by atomic mass is 9.87. The largest absolute Gasteiger partial charge is 0.353 e. The molecule has 0 spiro atoms. The summed E-state index contributed by atoms with van der Waals surface area (Å²) in [5.74, 6) is 0.502. The summed E-state index contributed by atoms with van der Waals surface area (Å²) in [5.41, 5.74) is 0.768. The monoisotopic (exact) mass is 334 g/mol. The van der Waals surface area contributed by atoms with E-state index in [1.807, 2.05) is 12.1 Å². The van der Waals surface area contributed by atoms with Crippen molar-refractivity contribution in [3.05, 3.63) is 29.3 Å². The molecular weight excluding hydrogens is 312 g/mol. The van der Waals surface area contributed by atoms with Gasteiger partial charge < -0.3 is 10.2 Å². The lowest BCUT2D eigenvalue weighted by Crippen LogP contribution is -2.41. The van der Waals surface area contributed by atoms with Gasteiger partial charge in [-0.2, -0.15) is 0 Å². The molecule has 5 heteroatoms. The van der Waals surface area contributed by atoms with E-state index in [1.54, 1.807) is 17.0 Å². The number of hydrogen-bond donors (Lipinski definition) is 1. The fraction of sp³-hybridized carbons (Fsp3) is 0.556. The summed E-state index contributed by atoms with van der Waals surface area (Å²) in [7, 11) is 0. The number of halogens is 1. The number of anilines is 1. The molecule has 1 aliphatic carbocycles. The highest BCUT2D eigenvalue weighted by Crippen LogP contribution is 2.28. The van der Waals surface area contributed by atoms with E-state index in [0.29, 0.717) is 11.6 Å². The Labute approximate surface area is 142 Å². The molecule has 124 valence electrons. The summed E-state index contributed by atoms with van der Waals surface area (Å²) in [6.07, 6.45) is 4.71. The van der Waals surface area contributed by atoms with Crippen LogP contribution in [0.2, 0.25) is 5.02 Å². The van der Waals surface area contributed by atoms with Crippen LogP contribution in [0.3, 0.4) is 0 Å². The first kappa shape index (κ1) is 16.3. The van der Waals surface area contributed by atoms with E-state index in [1.165, 1.54) is 12.8 Å². The van der Waals surface area contributed by atoms with Crippen LogP contribution in [0.4, 0.5) is 5.69 Å². The Kier molecular flexibility index (Phi) is 4.90. The van der Waals surface area contributed by atoms with Gasteiger partial charge in [0.2, 0.25) is 11.8 Å². The van der Waals surface area contributed by atoms with Crippen LogP contribution in [0.25, 0.3) is 0 Å². The molecule has 1 saturated heterocycles. The first-order valence-electron chi connectivity index (χ1n) is 8.39. The quantitative estimate of drug-likeness (QED) is 0.921. The molecule has 0 radical (unpaired) electrons. The van der Waals surface area contributed by atoms with E-state index in [0.717, 1.165) is 24.4 Å². The lowest BCUT2D eigenvalue weighted by molar-refractivity contribution is -0.127. The standard InChI is InChI=1S/C18H23ClN2O2/c1-12-5-7-15(8-6-12)20-18(23)13-9-17(22)21(11-13)16-4-2-3-14(19)10-16/h2-4,10,12-13,15H,5-9,11H2,1H3,(H,20,23). The van der Waals surface area contributed by atoms with Crippen LogP contribution in [-0.4, -0.2) is 24.4 Å². The molecule has 3 rings (SSSR count). The highest BCUT2D eigenvalue weighted by Gasteiger charge is 2.36. The predicted molar refractivity (Wildman–Crippen MR) is 91.5 cm³/mol. The van der Waals surface area contributed by atoms with E-state index in [2.05, 4.69) is 12.2 Å². The number of nitrogens with one attached hydrogen (secondary N) is 1. The maximum atomic E-state index is 12.5. The topological polar surface area (TPSA) is 49.4 Å². The van der Waals surface area contributed by atoms with Gasteiger partial charge in [-0.25, -0.2) is 0 Å². The first-order chi connectivity index (χ1) is 11.0. The summed E-state index contributed by atoms with van der Waals surface area (Å²) >= 11 is 5.99. The minimum absolute atomic E-state index is 0.00955. The molecule has 2 amide bonds. The second-order valence-electron chi connectivity index (χ2n) is 6.85. The zero-order valence-electron chi connectivity index (χ0n) is 13.4. The molecule has 0 aromatic heterocycles. The smallest absolute Gasteiger partial charge is 0.227 e. The Hall–Kier alpha value is -1.55. The number of carbonyl (C=O) groups is 2. The molecule has 1 saturated carbocycles. The maximum Gasteiger partial charge on any atom is 0.227 e. The Morgan fingerprint density at radius 1 is 1.26 bits per heavy atom. The van der Waals surface area contributed by atoms with Gasteiger partial charge in [0.15, 0.2) is 0 Å². The summed E-state index contributed by atoms with van der Waals surface area (Å²) in [5, 5.41) is 3.74. The Bertz CT molecular complexity index is 596. The molecule has 1 aromatic carbocycles. The van der Waals surface area contributed by atoms with Crippen molar-refractivity contribution >= 4 is 29.1 Å². The van der Waals surface area contributed by atoms with Gasteiger partial charge in [0.05, 0.1) is 5.92 Å². The summed E-state index contributed by atoms with van der Waals surface area (Å²) in [4.78, 5) is 26.4. The van der Waals surface area contributed by atoms with Gasteiger partial charge in [-0.1, -0.05) is 24.6 Å². The van der Waals surface area contributed by atoms with Gasteiger partial charge in [-0.15, -0.1) is 0 Å². The molecule has 2 fully saturated rings. The third kappa shape index (κ3) is 3.86. The van der Waals surface area contributed by atoms with Crippen molar-refractivity contribution in [2.75, 3.05) is 11.4 Å². The molecule has 1 unspecified atom stereocenters. The van der Waals surface area contributed by atoms with Gasteiger partial charge >= 0.3 is 0 Å². The van der Waals surface area contributed by atoms with Crippen molar-refractivity contribution in [1.82, 2.24) is 5.32 Å². The minimum atomic E-state index is -0.263. The van der Waals surface area contributed by atoms with Crippen LogP contribution in [0.15, 0.2) is 24.3 Å². The number of nitrogens with zero attached hydrogens (tertiary/aromatic N) is 1. The number of benzene rings is 1. The lowest BCUT2D eigenvalue weighted by Gasteiger charge is -2.27. The molecule has 23 heavy (non-hydrogen) atoms. The number of carbonyl (C=O) groups excluding carboxylic acids is 2. The van der Waals surface area contributed by atoms with Crippen molar-refractivity contribution in [3.63, 3.8) is 0 Å². The van der Waals surface area contributed by atoms with Crippen molar-refractivity contribution in [3.8, 4) is 0 Å². The SMILES string of the molecule is CC1CCC(NC(=O)C2CC(=O)N(c3cccc(Cl)c3)C2)CC1. The van der Waals surface area contributed by atoms with Crippen LogP contribution in [-0.2, 0) is 9.59 Å². The molecule has 1 heterocycles. The summed E-state index contributed by atoms with van der Waals surface area (Å²) in [6.45, 7) is 2.70. The fourth-order valence-electron chi connectivity index (χ4n) is 3.50. The van der Waals surface area contributed by atoms with Crippen LogP contribution in [0.5, 0.6) is 0 Å². The van der Waals surface area contributed by atoms with Crippen LogP contribution in [0, 0.1) is 11.8 Å². The van der Waals surface area contributed by atoms with E-state index in [-0.39, 0.29) is 30.2 Å². The van der Waals surface area contributed by atoms with Crippen LogP contribution < -0.4 is 10.2 Å². The highest BCUT2D eigenvalue weighted by molar-refractivity contribution is 6.30. The average Bonchev–Trinajstić information content (AvgIpc) is 2.92. The molecule has 2 aliphatic rings. The van der Waals surface area contributed by atoms with Gasteiger partial charge in [0.1, 0.15) is 0 Å². The minimum Gasteiger partial charge on any atom is -0.353 e. The third-order valence-corrected chi connectivity index (χ3v) is 5.21. The van der Waals surface area contributed by atoms with Crippen molar-refractivity contribution < 1.29 is 9.59 Å². The highest BCUT2D eigenvalue weighted by atomic mass is 35.5. The van der Waals surface area contributed by atoms with Gasteiger partial charge in [-0.3, -0.25) is 9.59 Å². The summed E-state index contributed by atoms with van der Waals surface area (Å²) in [6, 6.07) is 7.49. The predicted octanol–water partition coefficient (Wildman–Crippen LogP) is 3.39.